The summed E-state index contributed by atoms with van der Waals surface area (Å²) >= 11 is 0. The quantitative estimate of drug-likeness (QED) is 0.905. The highest BCUT2D eigenvalue weighted by molar-refractivity contribution is 5.92. The van der Waals surface area contributed by atoms with Gasteiger partial charge in [0.25, 0.3) is 5.91 Å². The van der Waals surface area contributed by atoms with Crippen LogP contribution in [0.1, 0.15) is 55.7 Å². The first-order valence-corrected chi connectivity index (χ1v) is 8.11. The van der Waals surface area contributed by atoms with Gasteiger partial charge in [-0.25, -0.2) is 0 Å². The van der Waals surface area contributed by atoms with Gasteiger partial charge in [-0.1, -0.05) is 6.92 Å². The van der Waals surface area contributed by atoms with Gasteiger partial charge in [-0.3, -0.25) is 9.48 Å². The Morgan fingerprint density at radius 1 is 1.38 bits per heavy atom. The second kappa shape index (κ2) is 7.07. The molecular formula is C16H28N4O. The fraction of sp³-hybridized carbons (Fsp3) is 0.750. The average Bonchev–Trinajstić information content (AvgIpc) is 2.88. The van der Waals surface area contributed by atoms with E-state index in [9.17, 15) is 4.79 Å². The van der Waals surface area contributed by atoms with Gasteiger partial charge in [0.2, 0.25) is 0 Å². The molecule has 21 heavy (non-hydrogen) atoms. The highest BCUT2D eigenvalue weighted by Crippen LogP contribution is 2.23. The van der Waals surface area contributed by atoms with Crippen molar-refractivity contribution in [2.75, 3.05) is 13.6 Å². The maximum absolute atomic E-state index is 12.7. The van der Waals surface area contributed by atoms with E-state index in [1.54, 1.807) is 4.68 Å². The summed E-state index contributed by atoms with van der Waals surface area (Å²) in [6, 6.07) is 2.87. The average molecular weight is 292 g/mol. The molecular weight excluding hydrogens is 264 g/mol. The lowest BCUT2D eigenvalue weighted by molar-refractivity contribution is 0.0672. The van der Waals surface area contributed by atoms with Gasteiger partial charge in [0.05, 0.1) is 5.69 Å². The highest BCUT2D eigenvalue weighted by Gasteiger charge is 2.28. The zero-order valence-electron chi connectivity index (χ0n) is 13.7. The molecule has 1 fully saturated rings. The maximum atomic E-state index is 12.7. The summed E-state index contributed by atoms with van der Waals surface area (Å²) in [4.78, 5) is 14.6. The van der Waals surface area contributed by atoms with Gasteiger partial charge in [0, 0.05) is 25.7 Å². The lowest BCUT2D eigenvalue weighted by Crippen LogP contribution is -2.43. The Bertz CT molecular complexity index is 475. The summed E-state index contributed by atoms with van der Waals surface area (Å²) in [5, 5.41) is 7.88. The van der Waals surface area contributed by atoms with Gasteiger partial charge in [0.15, 0.2) is 0 Å². The lowest BCUT2D eigenvalue weighted by Gasteiger charge is -2.35. The van der Waals surface area contributed by atoms with E-state index in [-0.39, 0.29) is 5.91 Å². The van der Waals surface area contributed by atoms with Gasteiger partial charge in [-0.2, -0.15) is 5.10 Å². The molecule has 2 rings (SSSR count). The van der Waals surface area contributed by atoms with Crippen LogP contribution in [0.25, 0.3) is 0 Å². The Morgan fingerprint density at radius 3 is 2.62 bits per heavy atom. The van der Waals surface area contributed by atoms with Crippen molar-refractivity contribution in [1.82, 2.24) is 20.0 Å². The van der Waals surface area contributed by atoms with E-state index in [4.69, 9.17) is 0 Å². The third-order valence-corrected chi connectivity index (χ3v) is 4.48. The minimum absolute atomic E-state index is 0.101. The maximum Gasteiger partial charge on any atom is 0.272 e. The van der Waals surface area contributed by atoms with E-state index in [1.807, 2.05) is 31.9 Å². The predicted molar refractivity (Wildman–Crippen MR) is 84.5 cm³/mol. The largest absolute Gasteiger partial charge is 0.337 e. The van der Waals surface area contributed by atoms with Crippen molar-refractivity contribution in [2.24, 2.45) is 0 Å². The highest BCUT2D eigenvalue weighted by atomic mass is 16.2. The van der Waals surface area contributed by atoms with E-state index >= 15 is 0 Å². The van der Waals surface area contributed by atoms with Crippen LogP contribution in [0.15, 0.2) is 6.07 Å². The number of carbonyl (C=O) groups excluding carboxylic acids is 1. The van der Waals surface area contributed by atoms with Gasteiger partial charge in [0.1, 0.15) is 5.69 Å². The first-order valence-electron chi connectivity index (χ1n) is 8.11. The van der Waals surface area contributed by atoms with E-state index in [0.29, 0.717) is 17.8 Å². The molecule has 0 radical (unpaired) electrons. The molecule has 0 aliphatic heterocycles. The molecule has 1 aromatic rings. The van der Waals surface area contributed by atoms with E-state index in [1.165, 1.54) is 0 Å². The third-order valence-electron chi connectivity index (χ3n) is 4.48. The summed E-state index contributed by atoms with van der Waals surface area (Å²) in [6.45, 7) is 7.86. The second-order valence-corrected chi connectivity index (χ2v) is 5.97. The van der Waals surface area contributed by atoms with Crippen LogP contribution in [0.4, 0.5) is 0 Å². The molecule has 1 amide bonds. The van der Waals surface area contributed by atoms with Gasteiger partial charge >= 0.3 is 0 Å². The van der Waals surface area contributed by atoms with Crippen molar-refractivity contribution in [1.29, 1.82) is 0 Å². The standard InChI is InChI=1S/C16H28N4O/c1-5-17-13-7-9-14(10-8-13)19(4)16(21)15-11-12(3)18-20(15)6-2/h11,13-14,17H,5-10H2,1-4H3. The van der Waals surface area contributed by atoms with Crippen molar-refractivity contribution in [3.63, 3.8) is 0 Å². The van der Waals surface area contributed by atoms with Crippen molar-refractivity contribution >= 4 is 5.91 Å². The molecule has 1 N–H and O–H groups in total. The number of carbonyl (C=O) groups is 1. The Hall–Kier alpha value is -1.36. The van der Waals surface area contributed by atoms with Crippen LogP contribution in [-0.4, -0.2) is 46.3 Å². The molecule has 0 bridgehead atoms. The zero-order valence-corrected chi connectivity index (χ0v) is 13.7. The Labute approximate surface area is 127 Å². The van der Waals surface area contributed by atoms with E-state index in [2.05, 4.69) is 17.3 Å². The number of hydrogen-bond acceptors (Lipinski definition) is 3. The van der Waals surface area contributed by atoms with Gasteiger partial charge in [-0.15, -0.1) is 0 Å². The molecule has 118 valence electrons. The zero-order chi connectivity index (χ0) is 15.4. The number of aromatic nitrogens is 2. The van der Waals surface area contributed by atoms with Crippen LogP contribution in [0.5, 0.6) is 0 Å². The molecule has 5 nitrogen and oxygen atoms in total. The minimum Gasteiger partial charge on any atom is -0.337 e. The van der Waals surface area contributed by atoms with Crippen LogP contribution in [-0.2, 0) is 6.54 Å². The normalized spacial score (nSPS) is 22.3. The Kier molecular flexibility index (Phi) is 5.39. The number of aryl methyl sites for hydroxylation is 2. The molecule has 0 saturated heterocycles. The number of rotatable bonds is 5. The van der Waals surface area contributed by atoms with Crippen LogP contribution in [0.2, 0.25) is 0 Å². The first kappa shape index (κ1) is 16.0. The molecule has 0 aromatic carbocycles. The van der Waals surface area contributed by atoms with E-state index in [0.717, 1.165) is 44.5 Å². The fourth-order valence-electron chi connectivity index (χ4n) is 3.26. The number of nitrogens with zero attached hydrogens (tertiary/aromatic N) is 3. The topological polar surface area (TPSA) is 50.2 Å². The van der Waals surface area contributed by atoms with Gasteiger partial charge in [-0.05, 0) is 52.1 Å². The molecule has 1 heterocycles. The van der Waals surface area contributed by atoms with Crippen LogP contribution in [0.3, 0.4) is 0 Å². The molecule has 0 unspecified atom stereocenters. The summed E-state index contributed by atoms with van der Waals surface area (Å²) < 4.78 is 1.80. The number of amides is 1. The molecule has 1 saturated carbocycles. The van der Waals surface area contributed by atoms with Crippen molar-refractivity contribution in [3.8, 4) is 0 Å². The molecule has 1 aliphatic rings. The van der Waals surface area contributed by atoms with Crippen LogP contribution in [0, 0.1) is 6.92 Å². The predicted octanol–water partition coefficient (Wildman–Crippen LogP) is 2.20. The Balaban J connectivity index is 2.00. The van der Waals surface area contributed by atoms with Crippen molar-refractivity contribution in [2.45, 2.75) is 65.1 Å². The smallest absolute Gasteiger partial charge is 0.272 e. The first-order chi connectivity index (χ1) is 10.1. The SMILES string of the molecule is CCNC1CCC(N(C)C(=O)c2cc(C)nn2CC)CC1. The summed E-state index contributed by atoms with van der Waals surface area (Å²) in [7, 11) is 1.93. The van der Waals surface area contributed by atoms with Crippen molar-refractivity contribution in [3.05, 3.63) is 17.5 Å². The van der Waals surface area contributed by atoms with Crippen molar-refractivity contribution < 1.29 is 4.79 Å². The molecule has 0 atom stereocenters. The minimum atomic E-state index is 0.101. The molecule has 1 aliphatic carbocycles. The number of hydrogen-bond donors (Lipinski definition) is 1. The second-order valence-electron chi connectivity index (χ2n) is 5.97. The lowest BCUT2D eigenvalue weighted by atomic mass is 9.90. The molecule has 1 aromatic heterocycles. The summed E-state index contributed by atoms with van der Waals surface area (Å²) in [5.41, 5.74) is 1.62. The molecule has 5 heteroatoms. The van der Waals surface area contributed by atoms with Gasteiger partial charge < -0.3 is 10.2 Å². The monoisotopic (exact) mass is 292 g/mol. The summed E-state index contributed by atoms with van der Waals surface area (Å²) in [6.07, 6.45) is 4.47. The van der Waals surface area contributed by atoms with Crippen LogP contribution >= 0.6 is 0 Å². The fourth-order valence-corrected chi connectivity index (χ4v) is 3.26. The third kappa shape index (κ3) is 3.64. The molecule has 0 spiro atoms. The Morgan fingerprint density at radius 2 is 2.05 bits per heavy atom. The summed E-state index contributed by atoms with van der Waals surface area (Å²) in [5.74, 6) is 0.101. The number of nitrogens with one attached hydrogen (secondary N) is 1. The van der Waals surface area contributed by atoms with Crippen LogP contribution < -0.4 is 5.32 Å². The van der Waals surface area contributed by atoms with E-state index < -0.39 is 0 Å².